The number of benzene rings is 1. The fourth-order valence-electron chi connectivity index (χ4n) is 1.32. The third-order valence-electron chi connectivity index (χ3n) is 2.14. The molecule has 14 heavy (non-hydrogen) atoms. The van der Waals surface area contributed by atoms with Gasteiger partial charge in [-0.3, -0.25) is 0 Å². The first-order valence-electron chi connectivity index (χ1n) is 4.75. The van der Waals surface area contributed by atoms with E-state index in [4.69, 9.17) is 10.5 Å². The van der Waals surface area contributed by atoms with Gasteiger partial charge in [0.2, 0.25) is 0 Å². The maximum atomic E-state index is 8.80. The third-order valence-corrected chi connectivity index (χ3v) is 2.14. The third kappa shape index (κ3) is 2.34. The van der Waals surface area contributed by atoms with Crippen molar-refractivity contribution in [2.45, 2.75) is 26.2 Å². The van der Waals surface area contributed by atoms with Gasteiger partial charge in [0.1, 0.15) is 12.1 Å². The van der Waals surface area contributed by atoms with E-state index < -0.39 is 0 Å². The van der Waals surface area contributed by atoms with Crippen molar-refractivity contribution in [3.8, 4) is 12.1 Å². The molecule has 0 N–H and O–H groups in total. The van der Waals surface area contributed by atoms with E-state index in [1.165, 1.54) is 0 Å². The molecule has 0 amide bonds. The van der Waals surface area contributed by atoms with E-state index in [0.717, 1.165) is 24.8 Å². The minimum atomic E-state index is 0.466. The van der Waals surface area contributed by atoms with Crippen LogP contribution in [0.5, 0.6) is 0 Å². The first-order chi connectivity index (χ1) is 6.81. The summed E-state index contributed by atoms with van der Waals surface area (Å²) in [6, 6.07) is 9.51. The maximum absolute atomic E-state index is 8.80. The van der Waals surface area contributed by atoms with Gasteiger partial charge in [0.25, 0.3) is 0 Å². The Labute approximate surface area is 84.4 Å². The summed E-state index contributed by atoms with van der Waals surface area (Å²) < 4.78 is 0. The molecule has 0 aliphatic rings. The number of rotatable bonds is 3. The average molecular weight is 184 g/mol. The van der Waals surface area contributed by atoms with Gasteiger partial charge in [0, 0.05) is 0 Å². The van der Waals surface area contributed by atoms with Crippen LogP contribution >= 0.6 is 0 Å². The van der Waals surface area contributed by atoms with E-state index in [2.05, 4.69) is 6.92 Å². The molecular formula is C12H12N2. The van der Waals surface area contributed by atoms with Crippen LogP contribution in [0, 0.1) is 22.7 Å². The Kier molecular flexibility index (Phi) is 3.70. The molecule has 0 heterocycles. The van der Waals surface area contributed by atoms with Crippen LogP contribution in [0.25, 0.3) is 0 Å². The van der Waals surface area contributed by atoms with Crippen molar-refractivity contribution in [1.29, 1.82) is 10.5 Å². The van der Waals surface area contributed by atoms with E-state index in [1.807, 2.05) is 24.3 Å². The molecule has 2 heteroatoms. The second kappa shape index (κ2) is 5.04. The standard InChI is InChI=1S/C12H12N2/c1-2-3-4-10-5-6-11(8-13)12(7-10)9-14/h5-7H,2-4H2,1H3. The Hall–Kier alpha value is -1.80. The van der Waals surface area contributed by atoms with E-state index >= 15 is 0 Å². The second-order valence-electron chi connectivity index (χ2n) is 3.21. The van der Waals surface area contributed by atoms with Crippen molar-refractivity contribution in [1.82, 2.24) is 0 Å². The van der Waals surface area contributed by atoms with Gasteiger partial charge in [0.15, 0.2) is 0 Å². The summed E-state index contributed by atoms with van der Waals surface area (Å²) in [6.45, 7) is 2.13. The Morgan fingerprint density at radius 3 is 2.43 bits per heavy atom. The molecule has 0 aliphatic carbocycles. The number of hydrogen-bond donors (Lipinski definition) is 0. The van der Waals surface area contributed by atoms with Crippen LogP contribution in [0.2, 0.25) is 0 Å². The van der Waals surface area contributed by atoms with E-state index in [1.54, 1.807) is 6.07 Å². The molecule has 0 saturated carbocycles. The number of hydrogen-bond acceptors (Lipinski definition) is 2. The molecule has 0 aromatic heterocycles. The minimum Gasteiger partial charge on any atom is -0.192 e. The van der Waals surface area contributed by atoms with Crippen LogP contribution in [0.4, 0.5) is 0 Å². The maximum Gasteiger partial charge on any atom is 0.101 e. The monoisotopic (exact) mass is 184 g/mol. The highest BCUT2D eigenvalue weighted by Gasteiger charge is 2.01. The molecule has 70 valence electrons. The summed E-state index contributed by atoms with van der Waals surface area (Å²) in [5.41, 5.74) is 2.09. The van der Waals surface area contributed by atoms with Crippen molar-refractivity contribution in [2.24, 2.45) is 0 Å². The molecule has 0 bridgehead atoms. The number of nitriles is 2. The highest BCUT2D eigenvalue weighted by Crippen LogP contribution is 2.12. The fraction of sp³-hybridized carbons (Fsp3) is 0.333. The first-order valence-corrected chi connectivity index (χ1v) is 4.75. The van der Waals surface area contributed by atoms with Crippen molar-refractivity contribution in [3.63, 3.8) is 0 Å². The van der Waals surface area contributed by atoms with Gasteiger partial charge in [-0.15, -0.1) is 0 Å². The van der Waals surface area contributed by atoms with Crippen molar-refractivity contribution in [3.05, 3.63) is 34.9 Å². The fourth-order valence-corrected chi connectivity index (χ4v) is 1.32. The van der Waals surface area contributed by atoms with Crippen LogP contribution in [0.15, 0.2) is 18.2 Å². The molecular weight excluding hydrogens is 172 g/mol. The predicted molar refractivity (Wildman–Crippen MR) is 54.5 cm³/mol. The van der Waals surface area contributed by atoms with E-state index in [-0.39, 0.29) is 0 Å². The van der Waals surface area contributed by atoms with Crippen molar-refractivity contribution >= 4 is 0 Å². The molecule has 1 aromatic carbocycles. The molecule has 1 rings (SSSR count). The molecule has 0 atom stereocenters. The van der Waals surface area contributed by atoms with Gasteiger partial charge < -0.3 is 0 Å². The normalized spacial score (nSPS) is 9.07. The molecule has 0 fully saturated rings. The van der Waals surface area contributed by atoms with E-state index in [0.29, 0.717) is 11.1 Å². The highest BCUT2D eigenvalue weighted by molar-refractivity contribution is 5.47. The zero-order chi connectivity index (χ0) is 10.4. The molecule has 0 radical (unpaired) electrons. The lowest BCUT2D eigenvalue weighted by Crippen LogP contribution is -1.89. The quantitative estimate of drug-likeness (QED) is 0.725. The number of aryl methyl sites for hydroxylation is 1. The van der Waals surface area contributed by atoms with Gasteiger partial charge >= 0.3 is 0 Å². The Balaban J connectivity index is 2.93. The summed E-state index contributed by atoms with van der Waals surface area (Å²) in [6.07, 6.45) is 3.25. The minimum absolute atomic E-state index is 0.466. The Morgan fingerprint density at radius 1 is 1.14 bits per heavy atom. The summed E-state index contributed by atoms with van der Waals surface area (Å²) in [4.78, 5) is 0. The average Bonchev–Trinajstić information content (AvgIpc) is 2.25. The summed E-state index contributed by atoms with van der Waals surface area (Å²) in [7, 11) is 0. The zero-order valence-corrected chi connectivity index (χ0v) is 8.25. The smallest absolute Gasteiger partial charge is 0.101 e. The molecule has 0 spiro atoms. The van der Waals surface area contributed by atoms with Gasteiger partial charge in [-0.05, 0) is 30.5 Å². The van der Waals surface area contributed by atoms with Crippen LogP contribution in [-0.2, 0) is 6.42 Å². The lowest BCUT2D eigenvalue weighted by Gasteiger charge is -2.00. The van der Waals surface area contributed by atoms with E-state index in [9.17, 15) is 0 Å². The Bertz CT molecular complexity index is 394. The Morgan fingerprint density at radius 2 is 1.86 bits per heavy atom. The van der Waals surface area contributed by atoms with Gasteiger partial charge in [-0.25, -0.2) is 0 Å². The van der Waals surface area contributed by atoms with Crippen LogP contribution in [-0.4, -0.2) is 0 Å². The predicted octanol–water partition coefficient (Wildman–Crippen LogP) is 2.77. The lowest BCUT2D eigenvalue weighted by molar-refractivity contribution is 0.795. The molecule has 0 aliphatic heterocycles. The number of nitrogens with zero attached hydrogens (tertiary/aromatic N) is 2. The lowest BCUT2D eigenvalue weighted by atomic mass is 10.0. The second-order valence-corrected chi connectivity index (χ2v) is 3.21. The van der Waals surface area contributed by atoms with Gasteiger partial charge in [-0.1, -0.05) is 19.4 Å². The molecule has 2 nitrogen and oxygen atoms in total. The molecule has 0 unspecified atom stereocenters. The highest BCUT2D eigenvalue weighted by atomic mass is 14.3. The topological polar surface area (TPSA) is 47.6 Å². The van der Waals surface area contributed by atoms with Gasteiger partial charge in [-0.2, -0.15) is 10.5 Å². The van der Waals surface area contributed by atoms with Crippen LogP contribution in [0.1, 0.15) is 36.5 Å². The zero-order valence-electron chi connectivity index (χ0n) is 8.25. The van der Waals surface area contributed by atoms with Gasteiger partial charge in [0.05, 0.1) is 11.1 Å². The SMILES string of the molecule is CCCCc1ccc(C#N)c(C#N)c1. The molecule has 1 aromatic rings. The van der Waals surface area contributed by atoms with Crippen LogP contribution in [0.3, 0.4) is 0 Å². The first kappa shape index (κ1) is 10.3. The summed E-state index contributed by atoms with van der Waals surface area (Å²) in [5.74, 6) is 0. The summed E-state index contributed by atoms with van der Waals surface area (Å²) in [5, 5.41) is 17.5. The molecule has 0 saturated heterocycles. The van der Waals surface area contributed by atoms with Crippen LogP contribution < -0.4 is 0 Å². The van der Waals surface area contributed by atoms with Crippen molar-refractivity contribution < 1.29 is 0 Å². The number of unbranched alkanes of at least 4 members (excludes halogenated alkanes) is 1. The largest absolute Gasteiger partial charge is 0.192 e. The van der Waals surface area contributed by atoms with Crippen molar-refractivity contribution in [2.75, 3.05) is 0 Å². The summed E-state index contributed by atoms with van der Waals surface area (Å²) >= 11 is 0.